The molecule has 0 saturated carbocycles. The van der Waals surface area contributed by atoms with E-state index in [0.29, 0.717) is 0 Å². The molecule has 0 aliphatic heterocycles. The Labute approximate surface area is 73.0 Å². The monoisotopic (exact) mass is 166 g/mol. The third kappa shape index (κ3) is 5.59. The molecule has 0 amide bonds. The van der Waals surface area contributed by atoms with Crippen molar-refractivity contribution in [2.75, 3.05) is 0 Å². The predicted octanol–water partition coefficient (Wildman–Crippen LogP) is 2.06. The van der Waals surface area contributed by atoms with Crippen LogP contribution < -0.4 is 0 Å². The Morgan fingerprint density at radius 1 is 1.25 bits per heavy atom. The molecular weight excluding hydrogens is 152 g/mol. The minimum Gasteiger partial charge on any atom is -0.299 e. The van der Waals surface area contributed by atoms with Crippen LogP contribution in [0.4, 0.5) is 0 Å². The van der Waals surface area contributed by atoms with Gasteiger partial charge in [0.25, 0.3) is 0 Å². The molecule has 0 aromatic rings. The third-order valence-corrected chi connectivity index (χ3v) is 1.51. The molecule has 0 aromatic heterocycles. The average molecular weight is 166 g/mol. The van der Waals surface area contributed by atoms with Crippen LogP contribution in [-0.2, 0) is 9.59 Å². The first-order valence-electron chi connectivity index (χ1n) is 4.09. The Morgan fingerprint density at radius 2 is 2.00 bits per heavy atom. The van der Waals surface area contributed by atoms with Gasteiger partial charge < -0.3 is 0 Å². The summed E-state index contributed by atoms with van der Waals surface area (Å²) < 4.78 is 0. The van der Waals surface area contributed by atoms with Crippen LogP contribution in [0.3, 0.4) is 0 Å². The number of allylic oxidation sites excluding steroid dienone is 4. The molecule has 0 bridgehead atoms. The number of aldehydes is 2. The summed E-state index contributed by atoms with van der Waals surface area (Å²) in [5.41, 5.74) is 0.828. The minimum absolute atomic E-state index is 0.754. The summed E-state index contributed by atoms with van der Waals surface area (Å²) in [7, 11) is 0. The lowest BCUT2D eigenvalue weighted by Gasteiger charge is -1.91. The normalized spacial score (nSPS) is 11.9. The van der Waals surface area contributed by atoms with Crippen molar-refractivity contribution in [1.82, 2.24) is 0 Å². The highest BCUT2D eigenvalue weighted by Crippen LogP contribution is 2.00. The molecule has 0 spiro atoms. The van der Waals surface area contributed by atoms with Gasteiger partial charge >= 0.3 is 0 Å². The van der Waals surface area contributed by atoms with Gasteiger partial charge in [-0.1, -0.05) is 19.1 Å². The Kier molecular flexibility index (Phi) is 7.14. The Bertz CT molecular complexity index is 190. The molecule has 0 aliphatic rings. The molecule has 0 fully saturated rings. The van der Waals surface area contributed by atoms with Crippen molar-refractivity contribution in [2.45, 2.75) is 26.2 Å². The first-order valence-corrected chi connectivity index (χ1v) is 4.09. The second-order valence-electron chi connectivity index (χ2n) is 2.39. The number of rotatable bonds is 6. The molecule has 2 heteroatoms. The van der Waals surface area contributed by atoms with Crippen LogP contribution in [0.1, 0.15) is 26.2 Å². The smallest absolute Gasteiger partial charge is 0.145 e. The van der Waals surface area contributed by atoms with Gasteiger partial charge in [0.1, 0.15) is 12.6 Å². The van der Waals surface area contributed by atoms with E-state index < -0.39 is 0 Å². The standard InChI is InChI=1S/C10H14O2/c1-2-10(9-12)7-5-3-4-6-8-11/h4,6-9H,2-3,5H2,1H3. The molecule has 0 aromatic carbocycles. The summed E-state index contributed by atoms with van der Waals surface area (Å²) in [6.07, 6.45) is 9.22. The Balaban J connectivity index is 3.64. The highest BCUT2D eigenvalue weighted by molar-refractivity contribution is 5.72. The molecule has 0 atom stereocenters. The SMILES string of the molecule is CCC(C=O)=CCCC=CC=O. The van der Waals surface area contributed by atoms with E-state index in [9.17, 15) is 9.59 Å². The summed E-state index contributed by atoms with van der Waals surface area (Å²) in [6, 6.07) is 0. The molecule has 12 heavy (non-hydrogen) atoms. The summed E-state index contributed by atoms with van der Waals surface area (Å²) in [6.45, 7) is 1.95. The van der Waals surface area contributed by atoms with Crippen LogP contribution >= 0.6 is 0 Å². The van der Waals surface area contributed by atoms with E-state index in [1.807, 2.05) is 13.0 Å². The first-order chi connectivity index (χ1) is 5.85. The molecular formula is C10H14O2. The summed E-state index contributed by atoms with van der Waals surface area (Å²) in [5.74, 6) is 0. The molecule has 0 radical (unpaired) electrons. The van der Waals surface area contributed by atoms with Crippen LogP contribution in [0.2, 0.25) is 0 Å². The van der Waals surface area contributed by atoms with E-state index in [0.717, 1.165) is 37.4 Å². The number of unbranched alkanes of at least 4 members (excludes halogenated alkanes) is 1. The number of hydrogen-bond acceptors (Lipinski definition) is 2. The fourth-order valence-corrected chi connectivity index (χ4v) is 0.793. The number of carbonyl (C=O) groups excluding carboxylic acids is 2. The summed E-state index contributed by atoms with van der Waals surface area (Å²) in [5, 5.41) is 0. The van der Waals surface area contributed by atoms with E-state index in [-0.39, 0.29) is 0 Å². The van der Waals surface area contributed by atoms with Crippen molar-refractivity contribution in [3.8, 4) is 0 Å². The molecule has 0 aliphatic carbocycles. The van der Waals surface area contributed by atoms with Crippen molar-refractivity contribution in [3.63, 3.8) is 0 Å². The number of hydrogen-bond donors (Lipinski definition) is 0. The Hall–Kier alpha value is -1.18. The van der Waals surface area contributed by atoms with Gasteiger partial charge in [0.05, 0.1) is 0 Å². The lowest BCUT2D eigenvalue weighted by atomic mass is 10.1. The second-order valence-corrected chi connectivity index (χ2v) is 2.39. The van der Waals surface area contributed by atoms with Gasteiger partial charge in [0.15, 0.2) is 0 Å². The van der Waals surface area contributed by atoms with Gasteiger partial charge in [-0.15, -0.1) is 0 Å². The van der Waals surface area contributed by atoms with Crippen LogP contribution in [-0.4, -0.2) is 12.6 Å². The highest BCUT2D eigenvalue weighted by Gasteiger charge is 1.87. The molecule has 0 saturated heterocycles. The van der Waals surface area contributed by atoms with Gasteiger partial charge in [-0.2, -0.15) is 0 Å². The van der Waals surface area contributed by atoms with E-state index >= 15 is 0 Å². The highest BCUT2D eigenvalue weighted by atomic mass is 16.1. The van der Waals surface area contributed by atoms with Crippen LogP contribution in [0, 0.1) is 0 Å². The largest absolute Gasteiger partial charge is 0.299 e. The summed E-state index contributed by atoms with van der Waals surface area (Å²) >= 11 is 0. The second kappa shape index (κ2) is 7.92. The van der Waals surface area contributed by atoms with E-state index in [1.54, 1.807) is 6.08 Å². The van der Waals surface area contributed by atoms with Crippen LogP contribution in [0.15, 0.2) is 23.8 Å². The molecule has 0 unspecified atom stereocenters. The topological polar surface area (TPSA) is 34.1 Å². The average Bonchev–Trinajstić information content (AvgIpc) is 2.11. The number of carbonyl (C=O) groups is 2. The Morgan fingerprint density at radius 3 is 2.50 bits per heavy atom. The van der Waals surface area contributed by atoms with Crippen molar-refractivity contribution >= 4 is 12.6 Å². The zero-order chi connectivity index (χ0) is 9.23. The first kappa shape index (κ1) is 10.8. The maximum absolute atomic E-state index is 10.3. The van der Waals surface area contributed by atoms with Crippen LogP contribution in [0.25, 0.3) is 0 Å². The van der Waals surface area contributed by atoms with E-state index in [2.05, 4.69) is 0 Å². The molecule has 2 nitrogen and oxygen atoms in total. The van der Waals surface area contributed by atoms with Gasteiger partial charge in [-0.3, -0.25) is 9.59 Å². The van der Waals surface area contributed by atoms with Crippen molar-refractivity contribution in [2.24, 2.45) is 0 Å². The third-order valence-electron chi connectivity index (χ3n) is 1.51. The van der Waals surface area contributed by atoms with Crippen molar-refractivity contribution in [1.29, 1.82) is 0 Å². The maximum Gasteiger partial charge on any atom is 0.145 e. The minimum atomic E-state index is 0.754. The van der Waals surface area contributed by atoms with E-state index in [4.69, 9.17) is 0 Å². The molecule has 0 rings (SSSR count). The van der Waals surface area contributed by atoms with Crippen molar-refractivity contribution in [3.05, 3.63) is 23.8 Å². The molecule has 0 heterocycles. The van der Waals surface area contributed by atoms with E-state index in [1.165, 1.54) is 6.08 Å². The maximum atomic E-state index is 10.3. The van der Waals surface area contributed by atoms with Gasteiger partial charge in [0, 0.05) is 0 Å². The zero-order valence-corrected chi connectivity index (χ0v) is 7.32. The quantitative estimate of drug-likeness (QED) is 0.344. The lowest BCUT2D eigenvalue weighted by Crippen LogP contribution is -1.81. The van der Waals surface area contributed by atoms with Gasteiger partial charge in [0.2, 0.25) is 0 Å². The molecule has 66 valence electrons. The predicted molar refractivity (Wildman–Crippen MR) is 48.9 cm³/mol. The van der Waals surface area contributed by atoms with Crippen molar-refractivity contribution < 1.29 is 9.59 Å². The van der Waals surface area contributed by atoms with Gasteiger partial charge in [-0.05, 0) is 30.9 Å². The molecule has 0 N–H and O–H groups in total. The fourth-order valence-electron chi connectivity index (χ4n) is 0.793. The van der Waals surface area contributed by atoms with Crippen LogP contribution in [0.5, 0.6) is 0 Å². The van der Waals surface area contributed by atoms with Gasteiger partial charge in [-0.25, -0.2) is 0 Å². The summed E-state index contributed by atoms with van der Waals surface area (Å²) in [4.78, 5) is 20.2. The zero-order valence-electron chi connectivity index (χ0n) is 7.32. The fraction of sp³-hybridized carbons (Fsp3) is 0.400. The lowest BCUT2D eigenvalue weighted by molar-refractivity contribution is -0.105.